The summed E-state index contributed by atoms with van der Waals surface area (Å²) < 4.78 is 18.9. The number of ether oxygens (including phenoxy) is 1. The van der Waals surface area contributed by atoms with E-state index in [4.69, 9.17) is 4.74 Å². The fourth-order valence-electron chi connectivity index (χ4n) is 3.08. The number of anilines is 1. The van der Waals surface area contributed by atoms with Crippen LogP contribution in [-0.4, -0.2) is 49.5 Å². The van der Waals surface area contributed by atoms with Crippen LogP contribution in [0.5, 0.6) is 0 Å². The van der Waals surface area contributed by atoms with Crippen molar-refractivity contribution in [3.05, 3.63) is 69.5 Å². The Morgan fingerprint density at radius 2 is 1.96 bits per heavy atom. The van der Waals surface area contributed by atoms with Crippen molar-refractivity contribution >= 4 is 17.3 Å². The van der Waals surface area contributed by atoms with E-state index in [-0.39, 0.29) is 29.1 Å². The summed E-state index contributed by atoms with van der Waals surface area (Å²) in [6, 6.07) is 10.2. The van der Waals surface area contributed by atoms with Crippen LogP contribution in [0.25, 0.3) is 0 Å². The molecule has 7 nitrogen and oxygen atoms in total. The van der Waals surface area contributed by atoms with E-state index in [1.54, 1.807) is 42.1 Å². The zero-order chi connectivity index (χ0) is 19.6. The topological polar surface area (TPSA) is 75.9 Å². The van der Waals surface area contributed by atoms with Gasteiger partial charge in [-0.1, -0.05) is 12.1 Å². The van der Waals surface area contributed by atoms with E-state index in [1.165, 1.54) is 24.3 Å². The molecule has 1 fully saturated rings. The van der Waals surface area contributed by atoms with Gasteiger partial charge in [0.05, 0.1) is 23.6 Å². The highest BCUT2D eigenvalue weighted by Crippen LogP contribution is 2.28. The van der Waals surface area contributed by atoms with Crippen LogP contribution in [0, 0.1) is 15.9 Å². The van der Waals surface area contributed by atoms with Gasteiger partial charge in [0.1, 0.15) is 11.9 Å². The van der Waals surface area contributed by atoms with Gasteiger partial charge in [-0.2, -0.15) is 0 Å². The smallest absolute Gasteiger partial charge is 0.270 e. The predicted molar refractivity (Wildman–Crippen MR) is 98.4 cm³/mol. The number of nitro groups is 1. The van der Waals surface area contributed by atoms with Gasteiger partial charge >= 0.3 is 0 Å². The quantitative estimate of drug-likeness (QED) is 0.608. The number of morpholine rings is 1. The summed E-state index contributed by atoms with van der Waals surface area (Å²) in [6.07, 6.45) is -0.371. The summed E-state index contributed by atoms with van der Waals surface area (Å²) in [6.45, 7) is 1.01. The third-order valence-corrected chi connectivity index (χ3v) is 4.50. The van der Waals surface area contributed by atoms with Crippen LogP contribution in [0.15, 0.2) is 42.5 Å². The summed E-state index contributed by atoms with van der Waals surface area (Å²) in [5.74, 6) is -0.632. The van der Waals surface area contributed by atoms with Crippen molar-refractivity contribution in [2.24, 2.45) is 0 Å². The maximum atomic E-state index is 13.1. The molecule has 8 heteroatoms. The number of hydrogen-bond donors (Lipinski definition) is 0. The third-order valence-electron chi connectivity index (χ3n) is 4.50. The van der Waals surface area contributed by atoms with Crippen LogP contribution >= 0.6 is 0 Å². The zero-order valence-corrected chi connectivity index (χ0v) is 15.1. The van der Waals surface area contributed by atoms with Gasteiger partial charge in [0.2, 0.25) is 0 Å². The predicted octanol–water partition coefficient (Wildman–Crippen LogP) is 3.01. The van der Waals surface area contributed by atoms with Crippen molar-refractivity contribution in [2.45, 2.75) is 6.10 Å². The molecule has 0 spiro atoms. The molecule has 3 rings (SSSR count). The highest BCUT2D eigenvalue weighted by Gasteiger charge is 2.28. The largest absolute Gasteiger partial charge is 0.377 e. The maximum absolute atomic E-state index is 13.1. The fraction of sp³-hybridized carbons (Fsp3) is 0.316. The summed E-state index contributed by atoms with van der Waals surface area (Å²) in [4.78, 5) is 27.0. The first-order valence-corrected chi connectivity index (χ1v) is 8.49. The highest BCUT2D eigenvalue weighted by molar-refractivity contribution is 6.00. The Hall–Kier alpha value is -3.00. The van der Waals surface area contributed by atoms with E-state index in [1.807, 2.05) is 0 Å². The van der Waals surface area contributed by atoms with Crippen molar-refractivity contribution < 1.29 is 18.8 Å². The molecule has 0 aromatic heterocycles. The SMILES string of the molecule is CN(C)c1ccc([N+](=O)[O-])cc1C(=O)N1CCOC(c2ccc(F)cc2)C1. The molecule has 0 aliphatic carbocycles. The second-order valence-corrected chi connectivity index (χ2v) is 6.52. The minimum atomic E-state index is -0.517. The molecule has 0 bridgehead atoms. The lowest BCUT2D eigenvalue weighted by atomic mass is 10.1. The standard InChI is InChI=1S/C19H20FN3O4/c1-21(2)17-8-7-15(23(25)26)11-16(17)19(24)22-9-10-27-18(12-22)13-3-5-14(20)6-4-13/h3-8,11,18H,9-10,12H2,1-2H3. The maximum Gasteiger partial charge on any atom is 0.270 e. The first-order chi connectivity index (χ1) is 12.9. The molecule has 1 unspecified atom stereocenters. The lowest BCUT2D eigenvalue weighted by molar-refractivity contribution is -0.384. The average molecular weight is 373 g/mol. The van der Waals surface area contributed by atoms with Gasteiger partial charge in [-0.15, -0.1) is 0 Å². The Morgan fingerprint density at radius 3 is 2.59 bits per heavy atom. The van der Waals surface area contributed by atoms with E-state index >= 15 is 0 Å². The molecular weight excluding hydrogens is 353 g/mol. The lowest BCUT2D eigenvalue weighted by Gasteiger charge is -2.34. The van der Waals surface area contributed by atoms with Crippen molar-refractivity contribution in [3.8, 4) is 0 Å². The molecule has 1 amide bonds. The molecular formula is C19H20FN3O4. The Bertz CT molecular complexity index is 855. The number of rotatable bonds is 4. The Morgan fingerprint density at radius 1 is 1.26 bits per heavy atom. The molecule has 1 atom stereocenters. The second kappa shape index (κ2) is 7.71. The van der Waals surface area contributed by atoms with Crippen LogP contribution < -0.4 is 4.90 Å². The second-order valence-electron chi connectivity index (χ2n) is 6.52. The van der Waals surface area contributed by atoms with Crippen molar-refractivity contribution in [3.63, 3.8) is 0 Å². The van der Waals surface area contributed by atoms with Crippen molar-refractivity contribution in [1.82, 2.24) is 4.90 Å². The molecule has 142 valence electrons. The van der Waals surface area contributed by atoms with Crippen molar-refractivity contribution in [1.29, 1.82) is 0 Å². The minimum Gasteiger partial charge on any atom is -0.377 e. The number of halogens is 1. The van der Waals surface area contributed by atoms with Gasteiger partial charge in [-0.05, 0) is 23.8 Å². The third kappa shape index (κ3) is 4.06. The van der Waals surface area contributed by atoms with Crippen LogP contribution in [0.2, 0.25) is 0 Å². The molecule has 27 heavy (non-hydrogen) atoms. The summed E-state index contributed by atoms with van der Waals surface area (Å²) in [5, 5.41) is 11.1. The van der Waals surface area contributed by atoms with Gasteiger partial charge in [0.15, 0.2) is 0 Å². The van der Waals surface area contributed by atoms with Gasteiger partial charge in [-0.25, -0.2) is 4.39 Å². The molecule has 1 heterocycles. The van der Waals surface area contributed by atoms with Gasteiger partial charge in [0.25, 0.3) is 11.6 Å². The Labute approximate surface area is 156 Å². The van der Waals surface area contributed by atoms with Crippen LogP contribution in [0.4, 0.5) is 15.8 Å². The summed E-state index contributed by atoms with van der Waals surface area (Å²) in [5.41, 5.74) is 1.53. The molecule has 2 aromatic carbocycles. The van der Waals surface area contributed by atoms with Gasteiger partial charge < -0.3 is 14.5 Å². The number of benzene rings is 2. The molecule has 1 saturated heterocycles. The van der Waals surface area contributed by atoms with Gasteiger partial charge in [0, 0.05) is 38.5 Å². The van der Waals surface area contributed by atoms with E-state index in [9.17, 15) is 19.3 Å². The number of nitrogens with zero attached hydrogens (tertiary/aromatic N) is 3. The molecule has 1 aliphatic heterocycles. The molecule has 0 N–H and O–H groups in total. The molecule has 2 aromatic rings. The highest BCUT2D eigenvalue weighted by atomic mass is 19.1. The van der Waals surface area contributed by atoms with Crippen molar-refractivity contribution in [2.75, 3.05) is 38.7 Å². The number of non-ortho nitro benzene ring substituents is 1. The zero-order valence-electron chi connectivity index (χ0n) is 15.1. The summed E-state index contributed by atoms with van der Waals surface area (Å²) in [7, 11) is 3.55. The number of carbonyl (C=O) groups excluding carboxylic acids is 1. The molecule has 1 aliphatic rings. The summed E-state index contributed by atoms with van der Waals surface area (Å²) >= 11 is 0. The number of nitro benzene ring substituents is 1. The van der Waals surface area contributed by atoms with E-state index < -0.39 is 4.92 Å². The number of carbonyl (C=O) groups is 1. The van der Waals surface area contributed by atoms with Crippen LogP contribution in [0.3, 0.4) is 0 Å². The van der Waals surface area contributed by atoms with Gasteiger partial charge in [-0.3, -0.25) is 14.9 Å². The Kier molecular flexibility index (Phi) is 5.36. The first kappa shape index (κ1) is 18.8. The fourth-order valence-corrected chi connectivity index (χ4v) is 3.08. The monoisotopic (exact) mass is 373 g/mol. The van der Waals surface area contributed by atoms with Crippen LogP contribution in [-0.2, 0) is 4.74 Å². The van der Waals surface area contributed by atoms with E-state index in [0.29, 0.717) is 25.4 Å². The lowest BCUT2D eigenvalue weighted by Crippen LogP contribution is -2.42. The Balaban J connectivity index is 1.87. The average Bonchev–Trinajstić information content (AvgIpc) is 2.67. The number of amides is 1. The first-order valence-electron chi connectivity index (χ1n) is 8.49. The van der Waals surface area contributed by atoms with E-state index in [0.717, 1.165) is 5.56 Å². The minimum absolute atomic E-state index is 0.132. The normalized spacial score (nSPS) is 16.9. The molecule has 0 radical (unpaired) electrons. The van der Waals surface area contributed by atoms with E-state index in [2.05, 4.69) is 0 Å². The molecule has 0 saturated carbocycles. The number of hydrogen-bond acceptors (Lipinski definition) is 5. The van der Waals surface area contributed by atoms with Crippen LogP contribution in [0.1, 0.15) is 22.0 Å².